The van der Waals surface area contributed by atoms with E-state index in [1.807, 2.05) is 0 Å². The quantitative estimate of drug-likeness (QED) is 0.889. The van der Waals surface area contributed by atoms with E-state index in [9.17, 15) is 22.8 Å². The number of hydrogen-bond donors (Lipinski definition) is 1. The van der Waals surface area contributed by atoms with Crippen LogP contribution in [0.2, 0.25) is 0 Å². The molecule has 1 aliphatic carbocycles. The molecule has 2 heterocycles. The lowest BCUT2D eigenvalue weighted by Gasteiger charge is -2.54. The van der Waals surface area contributed by atoms with Crippen LogP contribution in [0.4, 0.5) is 13.2 Å². The molecule has 1 amide bonds. The molecule has 0 radical (unpaired) electrons. The second kappa shape index (κ2) is 5.51. The topological polar surface area (TPSA) is 57.6 Å². The van der Waals surface area contributed by atoms with E-state index in [-0.39, 0.29) is 35.2 Å². The summed E-state index contributed by atoms with van der Waals surface area (Å²) < 4.78 is 39.7. The average molecular weight is 347 g/mol. The molecule has 2 fully saturated rings. The third kappa shape index (κ3) is 2.84. The lowest BCUT2D eigenvalue weighted by molar-refractivity contribution is -0.235. The second-order valence-electron chi connectivity index (χ2n) is 6.29. The van der Waals surface area contributed by atoms with Gasteiger partial charge in [0.2, 0.25) is 0 Å². The Kier molecular flexibility index (Phi) is 3.90. The van der Waals surface area contributed by atoms with Crippen molar-refractivity contribution in [3.8, 4) is 0 Å². The normalized spacial score (nSPS) is 23.6. The number of amides is 1. The van der Waals surface area contributed by atoms with Gasteiger partial charge in [0.25, 0.3) is 5.91 Å². The summed E-state index contributed by atoms with van der Waals surface area (Å²) in [5.74, 6) is -2.82. The van der Waals surface area contributed by atoms with E-state index in [0.717, 1.165) is 17.8 Å². The van der Waals surface area contributed by atoms with Gasteiger partial charge in [0.05, 0.1) is 10.8 Å². The Morgan fingerprint density at radius 1 is 1.26 bits per heavy atom. The number of nitrogens with zero attached hydrogens (tertiary/aromatic N) is 1. The van der Waals surface area contributed by atoms with Gasteiger partial charge in [0.15, 0.2) is 0 Å². The maximum atomic E-state index is 13.2. The number of piperidine rings is 1. The number of alkyl halides is 3. The fraction of sp³-hybridized carbons (Fsp3) is 0.600. The van der Waals surface area contributed by atoms with Crippen molar-refractivity contribution in [1.29, 1.82) is 0 Å². The summed E-state index contributed by atoms with van der Waals surface area (Å²) in [6, 6.07) is 2.78. The van der Waals surface area contributed by atoms with Crippen LogP contribution in [0.15, 0.2) is 12.1 Å². The fourth-order valence-electron chi connectivity index (χ4n) is 3.71. The molecule has 1 aromatic heterocycles. The number of rotatable bonds is 2. The molecule has 1 unspecified atom stereocenters. The van der Waals surface area contributed by atoms with Gasteiger partial charge in [0, 0.05) is 13.1 Å². The maximum absolute atomic E-state index is 13.2. The molecule has 1 atom stereocenters. The molecule has 0 aromatic carbocycles. The molecule has 1 saturated carbocycles. The molecule has 1 aliphatic heterocycles. The Balaban J connectivity index is 1.77. The Bertz CT molecular complexity index is 636. The van der Waals surface area contributed by atoms with Gasteiger partial charge in [0.1, 0.15) is 4.88 Å². The van der Waals surface area contributed by atoms with E-state index in [2.05, 4.69) is 0 Å². The Morgan fingerprint density at radius 3 is 2.39 bits per heavy atom. The number of carboxylic acid groups (broad SMARTS) is 1. The first kappa shape index (κ1) is 16.3. The van der Waals surface area contributed by atoms with Crippen molar-refractivity contribution in [1.82, 2.24) is 4.90 Å². The van der Waals surface area contributed by atoms with Crippen LogP contribution >= 0.6 is 11.3 Å². The summed E-state index contributed by atoms with van der Waals surface area (Å²) in [5.41, 5.74) is -0.848. The number of aromatic carboxylic acids is 1. The Morgan fingerprint density at radius 2 is 1.91 bits per heavy atom. The Hall–Kier alpha value is -1.57. The van der Waals surface area contributed by atoms with Crippen LogP contribution in [0.25, 0.3) is 0 Å². The molecule has 1 aromatic rings. The van der Waals surface area contributed by atoms with Crippen molar-refractivity contribution < 1.29 is 27.9 Å². The first-order valence-electron chi connectivity index (χ1n) is 7.42. The van der Waals surface area contributed by atoms with E-state index >= 15 is 0 Å². The number of carbonyl (C=O) groups excluding carboxylic acids is 1. The van der Waals surface area contributed by atoms with Crippen molar-refractivity contribution in [2.24, 2.45) is 11.3 Å². The minimum atomic E-state index is -4.23. The van der Waals surface area contributed by atoms with Crippen molar-refractivity contribution in [3.05, 3.63) is 21.9 Å². The molecular weight excluding hydrogens is 331 g/mol. The number of carboxylic acids is 1. The van der Waals surface area contributed by atoms with Gasteiger partial charge >= 0.3 is 12.1 Å². The Labute approximate surface area is 134 Å². The predicted octanol–water partition coefficient (Wildman–Crippen LogP) is 3.64. The van der Waals surface area contributed by atoms with Crippen LogP contribution in [-0.4, -0.2) is 41.1 Å². The van der Waals surface area contributed by atoms with Crippen molar-refractivity contribution >= 4 is 23.2 Å². The van der Waals surface area contributed by atoms with E-state index in [1.54, 1.807) is 0 Å². The summed E-state index contributed by atoms with van der Waals surface area (Å²) in [7, 11) is 0. The highest BCUT2D eigenvalue weighted by Crippen LogP contribution is 2.56. The molecule has 1 spiro atoms. The zero-order valence-corrected chi connectivity index (χ0v) is 13.0. The first-order valence-corrected chi connectivity index (χ1v) is 8.24. The van der Waals surface area contributed by atoms with Crippen LogP contribution in [0.3, 0.4) is 0 Å². The average Bonchev–Trinajstić information content (AvgIpc) is 2.93. The van der Waals surface area contributed by atoms with Crippen LogP contribution in [0, 0.1) is 11.3 Å². The van der Waals surface area contributed by atoms with Gasteiger partial charge in [-0.3, -0.25) is 4.79 Å². The van der Waals surface area contributed by atoms with Gasteiger partial charge in [-0.2, -0.15) is 13.2 Å². The van der Waals surface area contributed by atoms with Crippen LogP contribution < -0.4 is 0 Å². The molecule has 3 rings (SSSR count). The first-order chi connectivity index (χ1) is 10.7. The highest BCUT2D eigenvalue weighted by molar-refractivity contribution is 7.15. The fourth-order valence-corrected chi connectivity index (χ4v) is 4.52. The van der Waals surface area contributed by atoms with Gasteiger partial charge < -0.3 is 10.0 Å². The molecule has 1 N–H and O–H groups in total. The molecule has 8 heteroatoms. The van der Waals surface area contributed by atoms with E-state index in [4.69, 9.17) is 5.11 Å². The number of carbonyl (C=O) groups is 2. The van der Waals surface area contributed by atoms with Gasteiger partial charge in [-0.05, 0) is 36.8 Å². The van der Waals surface area contributed by atoms with Crippen molar-refractivity contribution in [3.63, 3.8) is 0 Å². The lowest BCUT2D eigenvalue weighted by Crippen LogP contribution is -2.57. The van der Waals surface area contributed by atoms with E-state index in [1.165, 1.54) is 17.0 Å². The number of thiophene rings is 1. The van der Waals surface area contributed by atoms with E-state index in [0.29, 0.717) is 12.8 Å². The largest absolute Gasteiger partial charge is 0.477 e. The van der Waals surface area contributed by atoms with Gasteiger partial charge in [-0.1, -0.05) is 6.42 Å². The van der Waals surface area contributed by atoms with Crippen LogP contribution in [0.5, 0.6) is 0 Å². The third-order valence-electron chi connectivity index (χ3n) is 4.99. The summed E-state index contributed by atoms with van der Waals surface area (Å²) in [6.07, 6.45) is -2.56. The molecule has 1 saturated heterocycles. The second-order valence-corrected chi connectivity index (χ2v) is 7.38. The zero-order chi connectivity index (χ0) is 16.8. The predicted molar refractivity (Wildman–Crippen MR) is 77.6 cm³/mol. The van der Waals surface area contributed by atoms with Gasteiger partial charge in [-0.25, -0.2) is 4.79 Å². The monoisotopic (exact) mass is 347 g/mol. The SMILES string of the molecule is O=C(O)c1ccc(C(=O)N2CCC(C(F)(F)F)C3(CCC3)C2)s1. The number of likely N-dealkylation sites (tertiary alicyclic amines) is 1. The molecule has 4 nitrogen and oxygen atoms in total. The summed E-state index contributed by atoms with van der Waals surface area (Å²) in [4.78, 5) is 25.1. The van der Waals surface area contributed by atoms with Crippen LogP contribution in [-0.2, 0) is 0 Å². The van der Waals surface area contributed by atoms with Crippen LogP contribution in [0.1, 0.15) is 45.0 Å². The molecule has 23 heavy (non-hydrogen) atoms. The highest BCUT2D eigenvalue weighted by atomic mass is 32.1. The summed E-state index contributed by atoms with van der Waals surface area (Å²) in [5, 5.41) is 8.91. The smallest absolute Gasteiger partial charge is 0.392 e. The molecule has 0 bridgehead atoms. The molecular formula is C15H16F3NO3S. The molecule has 126 valence electrons. The number of halogens is 3. The maximum Gasteiger partial charge on any atom is 0.392 e. The minimum absolute atomic E-state index is 0.0527. The minimum Gasteiger partial charge on any atom is -0.477 e. The third-order valence-corrected chi connectivity index (χ3v) is 6.05. The zero-order valence-electron chi connectivity index (χ0n) is 12.2. The molecule has 2 aliphatic rings. The van der Waals surface area contributed by atoms with Gasteiger partial charge in [-0.15, -0.1) is 11.3 Å². The highest BCUT2D eigenvalue weighted by Gasteiger charge is 2.58. The van der Waals surface area contributed by atoms with Crippen molar-refractivity contribution in [2.45, 2.75) is 31.9 Å². The van der Waals surface area contributed by atoms with E-state index < -0.39 is 23.5 Å². The summed E-state index contributed by atoms with van der Waals surface area (Å²) >= 11 is 0.862. The van der Waals surface area contributed by atoms with Crippen molar-refractivity contribution in [2.75, 3.05) is 13.1 Å². The number of hydrogen-bond acceptors (Lipinski definition) is 3. The standard InChI is InChI=1S/C15H16F3NO3S/c16-15(17,18)11-4-7-19(8-14(11)5-1-6-14)12(20)9-2-3-10(23-9)13(21)22/h2-3,11H,1,4-8H2,(H,21,22). The summed E-state index contributed by atoms with van der Waals surface area (Å²) in [6.45, 7) is 0.168. The lowest BCUT2D eigenvalue weighted by atomic mass is 9.58.